The first kappa shape index (κ1) is 6.55. The van der Waals surface area contributed by atoms with E-state index in [1.165, 1.54) is 0 Å². The molecule has 52 valence electrons. The third kappa shape index (κ3) is 1.68. The van der Waals surface area contributed by atoms with Gasteiger partial charge in [0.15, 0.2) is 0 Å². The molecule has 0 bridgehead atoms. The molecule has 1 fully saturated rings. The van der Waals surface area contributed by atoms with Gasteiger partial charge in [-0.25, -0.2) is 0 Å². The lowest BCUT2D eigenvalue weighted by Crippen LogP contribution is -2.45. The van der Waals surface area contributed by atoms with Gasteiger partial charge in [0.1, 0.15) is 0 Å². The fourth-order valence-corrected chi connectivity index (χ4v) is 1.17. The fraction of sp³-hybridized carbons (Fsp3) is 0.833. The number of amides is 1. The van der Waals surface area contributed by atoms with E-state index in [0.717, 1.165) is 6.42 Å². The summed E-state index contributed by atoms with van der Waals surface area (Å²) in [7, 11) is 0. The molecule has 3 heteroatoms. The Kier molecular flexibility index (Phi) is 1.71. The maximum Gasteiger partial charge on any atom is 0.221 e. The molecular weight excluding hydrogens is 116 g/mol. The number of rotatable bonds is 0. The second-order valence-corrected chi connectivity index (χ2v) is 2.67. The first-order chi connectivity index (χ1) is 4.18. The number of nitrogens with one attached hydrogen (secondary N) is 1. The maximum atomic E-state index is 10.7. The SMILES string of the molecule is C[C@H]1C[C@@H](N)CC(=O)N1. The van der Waals surface area contributed by atoms with Crippen molar-refractivity contribution in [2.75, 3.05) is 0 Å². The van der Waals surface area contributed by atoms with Crippen LogP contribution in [0.25, 0.3) is 0 Å². The first-order valence-corrected chi connectivity index (χ1v) is 3.23. The summed E-state index contributed by atoms with van der Waals surface area (Å²) in [6.07, 6.45) is 1.40. The molecule has 1 rings (SSSR count). The van der Waals surface area contributed by atoms with Gasteiger partial charge in [-0.1, -0.05) is 0 Å². The van der Waals surface area contributed by atoms with Gasteiger partial charge in [-0.2, -0.15) is 0 Å². The van der Waals surface area contributed by atoms with Crippen LogP contribution in [0, 0.1) is 0 Å². The van der Waals surface area contributed by atoms with Crippen LogP contribution >= 0.6 is 0 Å². The van der Waals surface area contributed by atoms with E-state index < -0.39 is 0 Å². The van der Waals surface area contributed by atoms with Gasteiger partial charge in [-0.05, 0) is 13.3 Å². The summed E-state index contributed by atoms with van der Waals surface area (Å²) in [6, 6.07) is 0.343. The molecule has 0 saturated carbocycles. The summed E-state index contributed by atoms with van der Waals surface area (Å²) in [6.45, 7) is 1.97. The van der Waals surface area contributed by atoms with Gasteiger partial charge in [-0.15, -0.1) is 0 Å². The molecule has 2 atom stereocenters. The minimum atomic E-state index is 0.0775. The zero-order valence-corrected chi connectivity index (χ0v) is 5.55. The van der Waals surface area contributed by atoms with E-state index in [1.54, 1.807) is 0 Å². The quantitative estimate of drug-likeness (QED) is 0.467. The number of carbonyl (C=O) groups is 1. The number of hydrogen-bond acceptors (Lipinski definition) is 2. The summed E-state index contributed by atoms with van der Waals surface area (Å²) < 4.78 is 0. The van der Waals surface area contributed by atoms with Gasteiger partial charge >= 0.3 is 0 Å². The Bertz CT molecular complexity index is 112. The van der Waals surface area contributed by atoms with Gasteiger partial charge in [0, 0.05) is 18.5 Å². The van der Waals surface area contributed by atoms with Crippen molar-refractivity contribution in [2.24, 2.45) is 5.73 Å². The van der Waals surface area contributed by atoms with Crippen molar-refractivity contribution in [1.82, 2.24) is 5.32 Å². The van der Waals surface area contributed by atoms with E-state index in [-0.39, 0.29) is 18.0 Å². The van der Waals surface area contributed by atoms with Crippen molar-refractivity contribution < 1.29 is 4.79 Å². The minimum Gasteiger partial charge on any atom is -0.354 e. The first-order valence-electron chi connectivity index (χ1n) is 3.23. The topological polar surface area (TPSA) is 55.1 Å². The summed E-state index contributed by atoms with van der Waals surface area (Å²) in [5.74, 6) is 0.0845. The van der Waals surface area contributed by atoms with Crippen molar-refractivity contribution >= 4 is 5.91 Å². The van der Waals surface area contributed by atoms with E-state index in [2.05, 4.69) is 5.32 Å². The minimum absolute atomic E-state index is 0.0775. The monoisotopic (exact) mass is 128 g/mol. The fourth-order valence-electron chi connectivity index (χ4n) is 1.17. The molecule has 0 aromatic rings. The molecule has 3 N–H and O–H groups in total. The summed E-state index contributed by atoms with van der Waals surface area (Å²) in [5, 5.41) is 2.79. The van der Waals surface area contributed by atoms with Crippen LogP contribution in [-0.4, -0.2) is 18.0 Å². The molecular formula is C6H12N2O. The van der Waals surface area contributed by atoms with E-state index in [9.17, 15) is 4.79 Å². The molecule has 3 nitrogen and oxygen atoms in total. The standard InChI is InChI=1S/C6H12N2O/c1-4-2-5(7)3-6(9)8-4/h4-5H,2-3,7H2,1H3,(H,8,9)/t4-,5+/m0/s1. The van der Waals surface area contributed by atoms with E-state index >= 15 is 0 Å². The molecule has 1 amide bonds. The number of nitrogens with two attached hydrogens (primary N) is 1. The lowest BCUT2D eigenvalue weighted by atomic mass is 10.0. The zero-order chi connectivity index (χ0) is 6.85. The highest BCUT2D eigenvalue weighted by Gasteiger charge is 2.19. The van der Waals surface area contributed by atoms with Crippen LogP contribution in [0.15, 0.2) is 0 Å². The van der Waals surface area contributed by atoms with Crippen molar-refractivity contribution in [3.05, 3.63) is 0 Å². The van der Waals surface area contributed by atoms with Crippen LogP contribution in [0.2, 0.25) is 0 Å². The van der Waals surface area contributed by atoms with Gasteiger partial charge in [0.25, 0.3) is 0 Å². The van der Waals surface area contributed by atoms with Crippen LogP contribution in [-0.2, 0) is 4.79 Å². The number of hydrogen-bond donors (Lipinski definition) is 2. The molecule has 0 unspecified atom stereocenters. The van der Waals surface area contributed by atoms with E-state index in [0.29, 0.717) is 6.42 Å². The van der Waals surface area contributed by atoms with E-state index in [4.69, 9.17) is 5.73 Å². The molecule has 0 aromatic carbocycles. The lowest BCUT2D eigenvalue weighted by molar-refractivity contribution is -0.123. The second kappa shape index (κ2) is 2.35. The molecule has 1 saturated heterocycles. The van der Waals surface area contributed by atoms with Crippen LogP contribution in [0.1, 0.15) is 19.8 Å². The van der Waals surface area contributed by atoms with Crippen LogP contribution in [0.3, 0.4) is 0 Å². The number of piperidine rings is 1. The highest BCUT2D eigenvalue weighted by atomic mass is 16.1. The highest BCUT2D eigenvalue weighted by molar-refractivity contribution is 5.77. The maximum absolute atomic E-state index is 10.7. The Morgan fingerprint density at radius 2 is 2.44 bits per heavy atom. The largest absolute Gasteiger partial charge is 0.354 e. The smallest absolute Gasteiger partial charge is 0.221 e. The average molecular weight is 128 g/mol. The predicted octanol–water partition coefficient (Wildman–Crippen LogP) is -0.388. The van der Waals surface area contributed by atoms with Gasteiger partial charge < -0.3 is 11.1 Å². The number of carbonyl (C=O) groups excluding carboxylic acids is 1. The highest BCUT2D eigenvalue weighted by Crippen LogP contribution is 2.05. The van der Waals surface area contributed by atoms with E-state index in [1.807, 2.05) is 6.92 Å². The van der Waals surface area contributed by atoms with Crippen molar-refractivity contribution in [1.29, 1.82) is 0 Å². The molecule has 0 aliphatic carbocycles. The van der Waals surface area contributed by atoms with Crippen molar-refractivity contribution in [2.45, 2.75) is 31.8 Å². The van der Waals surface area contributed by atoms with Crippen molar-refractivity contribution in [3.63, 3.8) is 0 Å². The molecule has 0 spiro atoms. The molecule has 1 heterocycles. The summed E-state index contributed by atoms with van der Waals surface area (Å²) in [5.41, 5.74) is 5.55. The summed E-state index contributed by atoms with van der Waals surface area (Å²) in [4.78, 5) is 10.7. The Morgan fingerprint density at radius 1 is 1.78 bits per heavy atom. The van der Waals surface area contributed by atoms with Crippen LogP contribution in [0.4, 0.5) is 0 Å². The molecule has 0 radical (unpaired) electrons. The lowest BCUT2D eigenvalue weighted by Gasteiger charge is -2.24. The molecule has 9 heavy (non-hydrogen) atoms. The summed E-state index contributed by atoms with van der Waals surface area (Å²) >= 11 is 0. The molecule has 1 aliphatic rings. The molecule has 0 aromatic heterocycles. The normalized spacial score (nSPS) is 36.0. The van der Waals surface area contributed by atoms with Gasteiger partial charge in [-0.3, -0.25) is 4.79 Å². The Morgan fingerprint density at radius 3 is 2.89 bits per heavy atom. The Labute approximate surface area is 54.6 Å². The van der Waals surface area contributed by atoms with Crippen LogP contribution in [0.5, 0.6) is 0 Å². The third-order valence-electron chi connectivity index (χ3n) is 1.51. The third-order valence-corrected chi connectivity index (χ3v) is 1.51. The van der Waals surface area contributed by atoms with Gasteiger partial charge in [0.2, 0.25) is 5.91 Å². The second-order valence-electron chi connectivity index (χ2n) is 2.67. The average Bonchev–Trinajstić information content (AvgIpc) is 1.59. The predicted molar refractivity (Wildman–Crippen MR) is 34.8 cm³/mol. The zero-order valence-electron chi connectivity index (χ0n) is 5.55. The van der Waals surface area contributed by atoms with Crippen molar-refractivity contribution in [3.8, 4) is 0 Å². The van der Waals surface area contributed by atoms with Gasteiger partial charge in [0.05, 0.1) is 0 Å². The Hall–Kier alpha value is -0.570. The molecule has 1 aliphatic heterocycles. The Balaban J connectivity index is 2.43. The van der Waals surface area contributed by atoms with Crippen LogP contribution < -0.4 is 11.1 Å².